The van der Waals surface area contributed by atoms with Gasteiger partial charge >= 0.3 is 0 Å². The maximum atomic E-state index is 9.64. The maximum Gasteiger partial charge on any atom is 0.0556 e. The summed E-state index contributed by atoms with van der Waals surface area (Å²) in [5.74, 6) is 1.93. The predicted molar refractivity (Wildman–Crippen MR) is 117 cm³/mol. The van der Waals surface area contributed by atoms with E-state index in [1.54, 1.807) is 0 Å². The fourth-order valence-corrected chi connectivity index (χ4v) is 4.47. The molecule has 3 heteroatoms. The minimum atomic E-state index is 0.0238. The van der Waals surface area contributed by atoms with Crippen LogP contribution in [-0.2, 0) is 11.2 Å². The van der Waals surface area contributed by atoms with Crippen molar-refractivity contribution in [2.24, 2.45) is 11.8 Å². The van der Waals surface area contributed by atoms with Crippen molar-refractivity contribution in [3.8, 4) is 0 Å². The molecular weight excluding hydrogens is 348 g/mol. The molecule has 2 N–H and O–H groups in total. The highest BCUT2D eigenvalue weighted by Gasteiger charge is 2.20. The van der Waals surface area contributed by atoms with Crippen molar-refractivity contribution in [3.05, 3.63) is 35.4 Å². The van der Waals surface area contributed by atoms with Crippen LogP contribution in [0.3, 0.4) is 0 Å². The fraction of sp³-hybridized carbons (Fsp3) is 0.760. The van der Waals surface area contributed by atoms with Crippen molar-refractivity contribution in [2.75, 3.05) is 26.4 Å². The molecule has 1 aromatic carbocycles. The van der Waals surface area contributed by atoms with Crippen molar-refractivity contribution in [2.45, 2.75) is 83.5 Å². The summed E-state index contributed by atoms with van der Waals surface area (Å²) in [6.45, 7) is 3.60. The molecule has 0 radical (unpaired) electrons. The van der Waals surface area contributed by atoms with Gasteiger partial charge in [-0.15, -0.1) is 0 Å². The predicted octanol–water partition coefficient (Wildman–Crippen LogP) is 5.48. The molecule has 1 aliphatic carbocycles. The van der Waals surface area contributed by atoms with Crippen LogP contribution in [-0.4, -0.2) is 36.6 Å². The highest BCUT2D eigenvalue weighted by molar-refractivity contribution is 5.25. The van der Waals surface area contributed by atoms with Gasteiger partial charge in [0.2, 0.25) is 0 Å². The van der Waals surface area contributed by atoms with Crippen molar-refractivity contribution < 1.29 is 14.9 Å². The van der Waals surface area contributed by atoms with Gasteiger partial charge in [-0.05, 0) is 42.2 Å². The van der Waals surface area contributed by atoms with Crippen LogP contribution in [0.2, 0.25) is 0 Å². The quantitative estimate of drug-likeness (QED) is 0.414. The number of ether oxygens (including phenoxy) is 1. The Morgan fingerprint density at radius 3 is 2.21 bits per heavy atom. The van der Waals surface area contributed by atoms with Gasteiger partial charge in [-0.25, -0.2) is 0 Å². The van der Waals surface area contributed by atoms with Crippen LogP contribution >= 0.6 is 0 Å². The molecule has 1 aromatic rings. The van der Waals surface area contributed by atoms with E-state index in [2.05, 4.69) is 31.2 Å². The van der Waals surface area contributed by atoms with Gasteiger partial charge in [-0.3, -0.25) is 0 Å². The number of aliphatic hydroxyl groups is 2. The first kappa shape index (κ1) is 23.4. The molecule has 160 valence electrons. The third-order valence-corrected chi connectivity index (χ3v) is 6.46. The summed E-state index contributed by atoms with van der Waals surface area (Å²) in [5, 5.41) is 18.4. The first-order chi connectivity index (χ1) is 13.8. The van der Waals surface area contributed by atoms with Gasteiger partial charge in [0.05, 0.1) is 13.2 Å². The molecule has 0 spiro atoms. The van der Waals surface area contributed by atoms with E-state index >= 15 is 0 Å². The smallest absolute Gasteiger partial charge is 0.0556 e. The zero-order chi connectivity index (χ0) is 20.0. The molecule has 1 saturated carbocycles. The van der Waals surface area contributed by atoms with E-state index in [1.165, 1.54) is 69.8 Å². The molecular formula is C25H42O3. The summed E-state index contributed by atoms with van der Waals surface area (Å²) in [5.41, 5.74) is 2.55. The average molecular weight is 391 g/mol. The monoisotopic (exact) mass is 390 g/mol. The highest BCUT2D eigenvalue weighted by Crippen LogP contribution is 2.34. The lowest BCUT2D eigenvalue weighted by molar-refractivity contribution is 0.0878. The van der Waals surface area contributed by atoms with Gasteiger partial charge in [0.15, 0.2) is 0 Å². The molecule has 0 bridgehead atoms. The lowest BCUT2D eigenvalue weighted by atomic mass is 9.78. The molecule has 0 aromatic heterocycles. The molecule has 1 aliphatic rings. The normalized spacial score (nSPS) is 21.0. The van der Waals surface area contributed by atoms with Gasteiger partial charge in [0.25, 0.3) is 0 Å². The lowest BCUT2D eigenvalue weighted by Crippen LogP contribution is -2.15. The Kier molecular flexibility index (Phi) is 11.8. The van der Waals surface area contributed by atoms with E-state index in [-0.39, 0.29) is 19.1 Å². The SMILES string of the molecule is CCCCCC1CCC(CCc2ccc(C(CO)COCCCO)cc2)CC1. The summed E-state index contributed by atoms with van der Waals surface area (Å²) in [7, 11) is 0. The Bertz CT molecular complexity index is 491. The number of hydrogen-bond donors (Lipinski definition) is 2. The summed E-state index contributed by atoms with van der Waals surface area (Å²) >= 11 is 0. The molecule has 0 amide bonds. The van der Waals surface area contributed by atoms with E-state index in [0.717, 1.165) is 17.4 Å². The van der Waals surface area contributed by atoms with E-state index in [9.17, 15) is 5.11 Å². The third kappa shape index (κ3) is 8.63. The first-order valence-corrected chi connectivity index (χ1v) is 11.6. The minimum Gasteiger partial charge on any atom is -0.396 e. The minimum absolute atomic E-state index is 0.0238. The standard InChI is InChI=1S/C25H42O3/c1-2-3-4-6-21-7-9-22(10-8-21)11-12-23-13-15-24(16-14-23)25(19-27)20-28-18-5-17-26/h13-16,21-22,25-27H,2-12,17-20H2,1H3. The molecule has 0 aliphatic heterocycles. The maximum absolute atomic E-state index is 9.64. The van der Waals surface area contributed by atoms with E-state index < -0.39 is 0 Å². The number of benzene rings is 1. The Balaban J connectivity index is 1.68. The number of aliphatic hydroxyl groups excluding tert-OH is 2. The van der Waals surface area contributed by atoms with Crippen LogP contribution in [0.15, 0.2) is 24.3 Å². The third-order valence-electron chi connectivity index (χ3n) is 6.46. The zero-order valence-corrected chi connectivity index (χ0v) is 18.0. The van der Waals surface area contributed by atoms with Crippen LogP contribution in [0.25, 0.3) is 0 Å². The summed E-state index contributed by atoms with van der Waals surface area (Å²) in [4.78, 5) is 0. The lowest BCUT2D eigenvalue weighted by Gasteiger charge is -2.28. The molecule has 1 fully saturated rings. The van der Waals surface area contributed by atoms with Crippen molar-refractivity contribution in [3.63, 3.8) is 0 Å². The summed E-state index contributed by atoms with van der Waals surface area (Å²) in [6, 6.07) is 8.75. The van der Waals surface area contributed by atoms with Gasteiger partial charge in [0.1, 0.15) is 0 Å². The van der Waals surface area contributed by atoms with Crippen LogP contribution < -0.4 is 0 Å². The van der Waals surface area contributed by atoms with Crippen LogP contribution in [0.1, 0.15) is 88.2 Å². The zero-order valence-electron chi connectivity index (χ0n) is 18.0. The average Bonchev–Trinajstić information content (AvgIpc) is 2.74. The number of unbranched alkanes of at least 4 members (excludes halogenated alkanes) is 2. The molecule has 1 atom stereocenters. The highest BCUT2D eigenvalue weighted by atomic mass is 16.5. The molecule has 3 nitrogen and oxygen atoms in total. The van der Waals surface area contributed by atoms with E-state index in [4.69, 9.17) is 9.84 Å². The van der Waals surface area contributed by atoms with Gasteiger partial charge in [-0.1, -0.05) is 82.6 Å². The van der Waals surface area contributed by atoms with Gasteiger partial charge in [0, 0.05) is 19.1 Å². The van der Waals surface area contributed by atoms with Crippen molar-refractivity contribution in [1.82, 2.24) is 0 Å². The second-order valence-electron chi connectivity index (χ2n) is 8.69. The van der Waals surface area contributed by atoms with Crippen LogP contribution in [0.4, 0.5) is 0 Å². The summed E-state index contributed by atoms with van der Waals surface area (Å²) in [6.07, 6.45) is 14.5. The van der Waals surface area contributed by atoms with Crippen LogP contribution in [0, 0.1) is 11.8 Å². The number of rotatable bonds is 14. The second kappa shape index (κ2) is 14.1. The van der Waals surface area contributed by atoms with Gasteiger partial charge < -0.3 is 14.9 Å². The summed E-state index contributed by atoms with van der Waals surface area (Å²) < 4.78 is 5.56. The first-order valence-electron chi connectivity index (χ1n) is 11.6. The van der Waals surface area contributed by atoms with E-state index in [1.807, 2.05) is 0 Å². The number of hydrogen-bond acceptors (Lipinski definition) is 3. The largest absolute Gasteiger partial charge is 0.396 e. The molecule has 0 heterocycles. The Morgan fingerprint density at radius 1 is 0.929 bits per heavy atom. The Morgan fingerprint density at radius 2 is 1.61 bits per heavy atom. The Hall–Kier alpha value is -0.900. The van der Waals surface area contributed by atoms with Crippen molar-refractivity contribution in [1.29, 1.82) is 0 Å². The topological polar surface area (TPSA) is 49.7 Å². The van der Waals surface area contributed by atoms with Crippen molar-refractivity contribution >= 4 is 0 Å². The molecule has 0 saturated heterocycles. The fourth-order valence-electron chi connectivity index (χ4n) is 4.47. The molecule has 1 unspecified atom stereocenters. The van der Waals surface area contributed by atoms with E-state index in [0.29, 0.717) is 19.6 Å². The number of aryl methyl sites for hydroxylation is 1. The molecule has 2 rings (SSSR count). The molecule has 28 heavy (non-hydrogen) atoms. The Labute approximate surface area is 172 Å². The van der Waals surface area contributed by atoms with Gasteiger partial charge in [-0.2, -0.15) is 0 Å². The second-order valence-corrected chi connectivity index (χ2v) is 8.69. The van der Waals surface area contributed by atoms with Crippen LogP contribution in [0.5, 0.6) is 0 Å².